The predicted octanol–water partition coefficient (Wildman–Crippen LogP) is -0.427. The van der Waals surface area contributed by atoms with E-state index in [-0.39, 0.29) is 37.1 Å². The highest BCUT2D eigenvalue weighted by Crippen LogP contribution is 2.17. The van der Waals surface area contributed by atoms with Crippen molar-refractivity contribution in [2.24, 2.45) is 0 Å². The predicted molar refractivity (Wildman–Crippen MR) is 65.2 cm³/mol. The molecule has 3 amide bonds. The van der Waals surface area contributed by atoms with Gasteiger partial charge in [-0.1, -0.05) is 0 Å². The normalized spacial score (nSPS) is 19.3. The Balaban J connectivity index is 2.31. The molecule has 1 heterocycles. The van der Waals surface area contributed by atoms with Gasteiger partial charge in [0, 0.05) is 32.4 Å². The van der Waals surface area contributed by atoms with Crippen LogP contribution in [0.5, 0.6) is 0 Å². The Morgan fingerprint density at radius 3 is 2.82 bits per heavy atom. The zero-order valence-electron chi connectivity index (χ0n) is 9.31. The van der Waals surface area contributed by atoms with E-state index in [9.17, 15) is 14.4 Å². The van der Waals surface area contributed by atoms with Gasteiger partial charge in [0.15, 0.2) is 0 Å². The fourth-order valence-corrected chi connectivity index (χ4v) is 1.77. The summed E-state index contributed by atoms with van der Waals surface area (Å²) in [5.74, 6) is 1.58. The van der Waals surface area contributed by atoms with Crippen molar-refractivity contribution in [3.05, 3.63) is 0 Å². The minimum atomic E-state index is -0.563. The van der Waals surface area contributed by atoms with Crippen LogP contribution in [0, 0.1) is 12.3 Å². The molecular weight excluding hydrogens is 240 g/mol. The van der Waals surface area contributed by atoms with Crippen LogP contribution in [-0.2, 0) is 14.4 Å². The van der Waals surface area contributed by atoms with E-state index in [2.05, 4.69) is 23.9 Å². The van der Waals surface area contributed by atoms with Gasteiger partial charge in [-0.25, -0.2) is 0 Å². The molecular formula is C11H14N2O3S. The van der Waals surface area contributed by atoms with E-state index in [0.717, 1.165) is 4.90 Å². The molecule has 1 unspecified atom stereocenters. The molecule has 92 valence electrons. The van der Waals surface area contributed by atoms with Gasteiger partial charge in [-0.05, 0) is 0 Å². The molecule has 1 fully saturated rings. The van der Waals surface area contributed by atoms with Gasteiger partial charge >= 0.3 is 0 Å². The molecule has 1 N–H and O–H groups in total. The molecule has 1 aliphatic rings. The third-order valence-corrected chi connectivity index (χ3v) is 2.78. The third-order valence-electron chi connectivity index (χ3n) is 2.37. The Morgan fingerprint density at radius 1 is 1.59 bits per heavy atom. The summed E-state index contributed by atoms with van der Waals surface area (Å²) in [6.07, 6.45) is 5.71. The van der Waals surface area contributed by atoms with Crippen molar-refractivity contribution in [2.45, 2.75) is 24.5 Å². The molecule has 1 saturated heterocycles. The summed E-state index contributed by atoms with van der Waals surface area (Å²) in [4.78, 5) is 35.2. The molecule has 0 saturated carbocycles. The number of terminal acetylenes is 1. The maximum absolute atomic E-state index is 11.5. The molecule has 1 aliphatic heterocycles. The largest absolute Gasteiger partial charge is 0.355 e. The minimum absolute atomic E-state index is 0.0998. The molecule has 1 rings (SSSR count). The maximum atomic E-state index is 11.5. The summed E-state index contributed by atoms with van der Waals surface area (Å²) >= 11 is 3.98. The van der Waals surface area contributed by atoms with Crippen molar-refractivity contribution < 1.29 is 14.4 Å². The highest BCUT2D eigenvalue weighted by molar-refractivity contribution is 7.81. The van der Waals surface area contributed by atoms with Gasteiger partial charge in [-0.2, -0.15) is 12.6 Å². The first-order valence-electron chi connectivity index (χ1n) is 5.28. The summed E-state index contributed by atoms with van der Waals surface area (Å²) in [5.41, 5.74) is 0. The Hall–Kier alpha value is -1.48. The van der Waals surface area contributed by atoms with Crippen LogP contribution in [0.1, 0.15) is 19.3 Å². The SMILES string of the molecule is C#CCCNC(=O)CCN1C(=O)CC(S)C1=O. The van der Waals surface area contributed by atoms with E-state index >= 15 is 0 Å². The van der Waals surface area contributed by atoms with Crippen molar-refractivity contribution in [1.82, 2.24) is 10.2 Å². The van der Waals surface area contributed by atoms with Gasteiger partial charge in [-0.3, -0.25) is 19.3 Å². The third kappa shape index (κ3) is 3.79. The van der Waals surface area contributed by atoms with E-state index in [1.54, 1.807) is 0 Å². The topological polar surface area (TPSA) is 66.5 Å². The fraction of sp³-hybridized carbons (Fsp3) is 0.545. The summed E-state index contributed by atoms with van der Waals surface area (Å²) < 4.78 is 0. The average Bonchev–Trinajstić information content (AvgIpc) is 2.51. The summed E-state index contributed by atoms with van der Waals surface area (Å²) in [6.45, 7) is 0.517. The number of nitrogens with one attached hydrogen (secondary N) is 1. The second-order valence-electron chi connectivity index (χ2n) is 3.66. The Morgan fingerprint density at radius 2 is 2.29 bits per heavy atom. The van der Waals surface area contributed by atoms with Crippen LogP contribution in [0.25, 0.3) is 0 Å². The van der Waals surface area contributed by atoms with Gasteiger partial charge in [0.1, 0.15) is 0 Å². The van der Waals surface area contributed by atoms with Crippen molar-refractivity contribution in [3.63, 3.8) is 0 Å². The van der Waals surface area contributed by atoms with E-state index < -0.39 is 5.25 Å². The summed E-state index contributed by atoms with van der Waals surface area (Å²) in [5, 5.41) is 2.04. The van der Waals surface area contributed by atoms with Crippen LogP contribution in [0.3, 0.4) is 0 Å². The maximum Gasteiger partial charge on any atom is 0.242 e. The lowest BCUT2D eigenvalue weighted by Crippen LogP contribution is -2.35. The number of carbonyl (C=O) groups excluding carboxylic acids is 3. The number of likely N-dealkylation sites (tertiary alicyclic amines) is 1. The zero-order chi connectivity index (χ0) is 12.8. The van der Waals surface area contributed by atoms with Crippen molar-refractivity contribution in [2.75, 3.05) is 13.1 Å². The lowest BCUT2D eigenvalue weighted by Gasteiger charge is -2.13. The quantitative estimate of drug-likeness (QED) is 0.303. The first-order valence-corrected chi connectivity index (χ1v) is 5.80. The zero-order valence-corrected chi connectivity index (χ0v) is 10.2. The molecule has 5 nitrogen and oxygen atoms in total. The van der Waals surface area contributed by atoms with Crippen molar-refractivity contribution in [1.29, 1.82) is 0 Å². The molecule has 0 aromatic heterocycles. The molecule has 0 aromatic carbocycles. The Labute approximate surface area is 105 Å². The van der Waals surface area contributed by atoms with Gasteiger partial charge in [-0.15, -0.1) is 12.3 Å². The fourth-order valence-electron chi connectivity index (χ4n) is 1.48. The molecule has 6 heteroatoms. The number of thiol groups is 1. The van der Waals surface area contributed by atoms with Gasteiger partial charge in [0.25, 0.3) is 0 Å². The van der Waals surface area contributed by atoms with E-state index in [4.69, 9.17) is 6.42 Å². The molecule has 0 aliphatic carbocycles. The second-order valence-corrected chi connectivity index (χ2v) is 4.28. The van der Waals surface area contributed by atoms with E-state index in [1.807, 2.05) is 0 Å². The average molecular weight is 254 g/mol. The van der Waals surface area contributed by atoms with E-state index in [0.29, 0.717) is 13.0 Å². The lowest BCUT2D eigenvalue weighted by molar-refractivity contribution is -0.138. The number of hydrogen-bond acceptors (Lipinski definition) is 4. The molecule has 17 heavy (non-hydrogen) atoms. The Kier molecular flexibility index (Phi) is 5.04. The number of carbonyl (C=O) groups is 3. The van der Waals surface area contributed by atoms with Crippen LogP contribution >= 0.6 is 12.6 Å². The first-order chi connectivity index (χ1) is 8.06. The molecule has 0 spiro atoms. The van der Waals surface area contributed by atoms with Crippen LogP contribution in [-0.4, -0.2) is 41.0 Å². The van der Waals surface area contributed by atoms with Gasteiger partial charge in [0.2, 0.25) is 17.7 Å². The van der Waals surface area contributed by atoms with Crippen LogP contribution in [0.15, 0.2) is 0 Å². The smallest absolute Gasteiger partial charge is 0.242 e. The molecule has 0 radical (unpaired) electrons. The minimum Gasteiger partial charge on any atom is -0.355 e. The van der Waals surface area contributed by atoms with Crippen molar-refractivity contribution >= 4 is 30.4 Å². The number of rotatable bonds is 5. The van der Waals surface area contributed by atoms with Crippen molar-refractivity contribution in [3.8, 4) is 12.3 Å². The standard InChI is InChI=1S/C11H14N2O3S/c1-2-3-5-12-9(14)4-6-13-10(15)7-8(17)11(13)16/h1,8,17H,3-7H2,(H,12,14). The second kappa shape index (κ2) is 6.30. The molecule has 0 aromatic rings. The monoisotopic (exact) mass is 254 g/mol. The number of amides is 3. The van der Waals surface area contributed by atoms with Crippen LogP contribution in [0.2, 0.25) is 0 Å². The molecule has 1 atom stereocenters. The summed E-state index contributed by atoms with van der Waals surface area (Å²) in [6, 6.07) is 0. The number of imide groups is 1. The lowest BCUT2D eigenvalue weighted by atomic mass is 10.3. The van der Waals surface area contributed by atoms with Gasteiger partial charge in [0.05, 0.1) is 5.25 Å². The van der Waals surface area contributed by atoms with Crippen LogP contribution < -0.4 is 5.32 Å². The first kappa shape index (κ1) is 13.6. The molecule has 0 bridgehead atoms. The van der Waals surface area contributed by atoms with E-state index in [1.165, 1.54) is 0 Å². The number of nitrogens with zero attached hydrogens (tertiary/aromatic N) is 1. The highest BCUT2D eigenvalue weighted by Gasteiger charge is 2.36. The van der Waals surface area contributed by atoms with Gasteiger partial charge < -0.3 is 5.32 Å². The Bertz CT molecular complexity index is 375. The highest BCUT2D eigenvalue weighted by atomic mass is 32.1. The van der Waals surface area contributed by atoms with Crippen LogP contribution in [0.4, 0.5) is 0 Å². The summed E-state index contributed by atoms with van der Waals surface area (Å²) in [7, 11) is 0. The number of hydrogen-bond donors (Lipinski definition) is 2.